The second kappa shape index (κ2) is 6.45. The number of nitrogens with one attached hydrogen (secondary N) is 1. The normalized spacial score (nSPS) is 14.4. The van der Waals surface area contributed by atoms with Crippen molar-refractivity contribution in [2.45, 2.75) is 51.7 Å². The van der Waals surface area contributed by atoms with E-state index < -0.39 is 29.6 Å². The van der Waals surface area contributed by atoms with Crippen molar-refractivity contribution in [3.05, 3.63) is 24.2 Å². The summed E-state index contributed by atoms with van der Waals surface area (Å²) in [6.07, 6.45) is 0.765. The van der Waals surface area contributed by atoms with Crippen LogP contribution in [0.2, 0.25) is 0 Å². The Morgan fingerprint density at radius 1 is 1.45 bits per heavy atom. The lowest BCUT2D eigenvalue weighted by Crippen LogP contribution is -2.41. The van der Waals surface area contributed by atoms with Crippen molar-refractivity contribution in [2.24, 2.45) is 0 Å². The van der Waals surface area contributed by atoms with Gasteiger partial charge in [-0.05, 0) is 39.8 Å². The molecule has 0 saturated carbocycles. The smallest absolute Gasteiger partial charge is 0.407 e. The van der Waals surface area contributed by atoms with E-state index in [1.54, 1.807) is 39.8 Å². The number of aliphatic carboxylic acids is 1. The average Bonchev–Trinajstić information content (AvgIpc) is 2.75. The highest BCUT2D eigenvalue weighted by molar-refractivity contribution is 5.70. The van der Waals surface area contributed by atoms with Crippen LogP contribution in [0.25, 0.3) is 0 Å². The highest BCUT2D eigenvalue weighted by atomic mass is 16.6. The summed E-state index contributed by atoms with van der Waals surface area (Å²) in [5, 5.41) is 11.6. The summed E-state index contributed by atoms with van der Waals surface area (Å²) in [4.78, 5) is 22.7. The third-order valence-corrected chi connectivity index (χ3v) is 2.65. The molecule has 20 heavy (non-hydrogen) atoms. The minimum atomic E-state index is -0.954. The van der Waals surface area contributed by atoms with E-state index in [1.807, 2.05) is 0 Å². The number of hydrogen-bond acceptors (Lipinski definition) is 4. The number of alkyl carbamates (subject to hydrolysis) is 1. The van der Waals surface area contributed by atoms with Crippen LogP contribution in [0.5, 0.6) is 0 Å². The molecule has 2 unspecified atom stereocenters. The standard InChI is InChI=1S/C14H21NO5/c1-9(15-13(18)20-14(2,3)4)10(8-12(16)17)11-6-5-7-19-11/h5-7,9-10H,8H2,1-4H3,(H,15,18)(H,16,17). The van der Waals surface area contributed by atoms with Gasteiger partial charge in [-0.3, -0.25) is 4.79 Å². The van der Waals surface area contributed by atoms with Gasteiger partial charge in [0.15, 0.2) is 0 Å². The first-order chi connectivity index (χ1) is 9.19. The maximum absolute atomic E-state index is 11.7. The first-order valence-electron chi connectivity index (χ1n) is 6.44. The molecule has 1 rings (SSSR count). The highest BCUT2D eigenvalue weighted by Gasteiger charge is 2.27. The molecule has 0 saturated heterocycles. The predicted octanol–water partition coefficient (Wildman–Crippen LogP) is 2.75. The fraction of sp³-hybridized carbons (Fsp3) is 0.571. The first-order valence-corrected chi connectivity index (χ1v) is 6.44. The molecule has 0 aliphatic rings. The molecule has 2 N–H and O–H groups in total. The molecule has 0 aromatic carbocycles. The molecule has 0 spiro atoms. The molecular weight excluding hydrogens is 262 g/mol. The number of hydrogen-bond donors (Lipinski definition) is 2. The Bertz CT molecular complexity index is 447. The van der Waals surface area contributed by atoms with Gasteiger partial charge in [0, 0.05) is 12.0 Å². The number of amides is 1. The van der Waals surface area contributed by atoms with Gasteiger partial charge in [0.25, 0.3) is 0 Å². The monoisotopic (exact) mass is 283 g/mol. The van der Waals surface area contributed by atoms with E-state index in [4.69, 9.17) is 14.3 Å². The van der Waals surface area contributed by atoms with Gasteiger partial charge >= 0.3 is 12.1 Å². The van der Waals surface area contributed by atoms with Crippen molar-refractivity contribution in [3.63, 3.8) is 0 Å². The number of ether oxygens (including phenoxy) is 1. The zero-order chi connectivity index (χ0) is 15.3. The summed E-state index contributed by atoms with van der Waals surface area (Å²) in [6.45, 7) is 7.01. The summed E-state index contributed by atoms with van der Waals surface area (Å²) in [7, 11) is 0. The van der Waals surface area contributed by atoms with E-state index in [1.165, 1.54) is 6.26 Å². The Morgan fingerprint density at radius 2 is 2.10 bits per heavy atom. The van der Waals surface area contributed by atoms with E-state index in [0.717, 1.165) is 0 Å². The SMILES string of the molecule is CC(NC(=O)OC(C)(C)C)C(CC(=O)O)c1ccco1. The fourth-order valence-corrected chi connectivity index (χ4v) is 1.81. The second-order valence-corrected chi connectivity index (χ2v) is 5.65. The molecule has 0 fully saturated rings. The number of rotatable bonds is 5. The van der Waals surface area contributed by atoms with Crippen molar-refractivity contribution < 1.29 is 23.8 Å². The summed E-state index contributed by atoms with van der Waals surface area (Å²) >= 11 is 0. The zero-order valence-corrected chi connectivity index (χ0v) is 12.2. The van der Waals surface area contributed by atoms with Gasteiger partial charge in [-0.15, -0.1) is 0 Å². The fourth-order valence-electron chi connectivity index (χ4n) is 1.81. The van der Waals surface area contributed by atoms with Crippen molar-refractivity contribution in [2.75, 3.05) is 0 Å². The maximum atomic E-state index is 11.7. The Morgan fingerprint density at radius 3 is 2.55 bits per heavy atom. The van der Waals surface area contributed by atoms with Gasteiger partial charge in [0.2, 0.25) is 0 Å². The topological polar surface area (TPSA) is 88.8 Å². The minimum absolute atomic E-state index is 0.134. The van der Waals surface area contributed by atoms with E-state index in [-0.39, 0.29) is 6.42 Å². The number of carbonyl (C=O) groups is 2. The second-order valence-electron chi connectivity index (χ2n) is 5.65. The summed E-state index contributed by atoms with van der Waals surface area (Å²) in [6, 6.07) is 2.96. The van der Waals surface area contributed by atoms with Gasteiger partial charge in [0.1, 0.15) is 11.4 Å². The van der Waals surface area contributed by atoms with E-state index in [2.05, 4.69) is 5.32 Å². The average molecular weight is 283 g/mol. The largest absolute Gasteiger partial charge is 0.481 e. The molecule has 0 bridgehead atoms. The predicted molar refractivity (Wildman–Crippen MR) is 72.5 cm³/mol. The third kappa shape index (κ3) is 5.34. The highest BCUT2D eigenvalue weighted by Crippen LogP contribution is 2.24. The van der Waals surface area contributed by atoms with E-state index in [9.17, 15) is 9.59 Å². The van der Waals surface area contributed by atoms with Gasteiger partial charge in [0.05, 0.1) is 12.7 Å². The molecule has 2 atom stereocenters. The van der Waals surface area contributed by atoms with Crippen LogP contribution in [0.4, 0.5) is 4.79 Å². The Kier molecular flexibility index (Phi) is 5.19. The van der Waals surface area contributed by atoms with E-state index in [0.29, 0.717) is 5.76 Å². The van der Waals surface area contributed by atoms with Crippen molar-refractivity contribution in [1.82, 2.24) is 5.32 Å². The number of carboxylic acid groups (broad SMARTS) is 1. The first kappa shape index (κ1) is 16.1. The molecular formula is C14H21NO5. The van der Waals surface area contributed by atoms with Crippen LogP contribution in [0.1, 0.15) is 45.8 Å². The molecule has 0 aliphatic heterocycles. The molecule has 1 amide bonds. The van der Waals surface area contributed by atoms with Crippen molar-refractivity contribution in [1.29, 1.82) is 0 Å². The van der Waals surface area contributed by atoms with Crippen LogP contribution >= 0.6 is 0 Å². The molecule has 1 aromatic rings. The van der Waals surface area contributed by atoms with Crippen LogP contribution < -0.4 is 5.32 Å². The van der Waals surface area contributed by atoms with Gasteiger partial charge in [-0.25, -0.2) is 4.79 Å². The van der Waals surface area contributed by atoms with E-state index >= 15 is 0 Å². The Balaban J connectivity index is 2.71. The van der Waals surface area contributed by atoms with Crippen molar-refractivity contribution in [3.8, 4) is 0 Å². The van der Waals surface area contributed by atoms with Crippen LogP contribution in [0.3, 0.4) is 0 Å². The van der Waals surface area contributed by atoms with Crippen LogP contribution in [0.15, 0.2) is 22.8 Å². The third-order valence-electron chi connectivity index (χ3n) is 2.65. The van der Waals surface area contributed by atoms with Crippen LogP contribution in [-0.4, -0.2) is 28.8 Å². The molecule has 0 aliphatic carbocycles. The van der Waals surface area contributed by atoms with Crippen LogP contribution in [0, 0.1) is 0 Å². The minimum Gasteiger partial charge on any atom is -0.481 e. The lowest BCUT2D eigenvalue weighted by Gasteiger charge is -2.25. The summed E-state index contributed by atoms with van der Waals surface area (Å²) in [5.74, 6) is -0.879. The quantitative estimate of drug-likeness (QED) is 0.867. The number of carbonyl (C=O) groups excluding carboxylic acids is 1. The molecule has 1 heterocycles. The Hall–Kier alpha value is -1.98. The number of carboxylic acids is 1. The van der Waals surface area contributed by atoms with Crippen molar-refractivity contribution >= 4 is 12.1 Å². The summed E-state index contributed by atoms with van der Waals surface area (Å²) in [5.41, 5.74) is -0.600. The lowest BCUT2D eigenvalue weighted by molar-refractivity contribution is -0.137. The van der Waals surface area contributed by atoms with Gasteiger partial charge < -0.3 is 19.6 Å². The molecule has 112 valence electrons. The lowest BCUT2D eigenvalue weighted by atomic mass is 9.95. The molecule has 6 heteroatoms. The Labute approximate surface area is 118 Å². The molecule has 0 radical (unpaired) electrons. The molecule has 1 aromatic heterocycles. The maximum Gasteiger partial charge on any atom is 0.407 e. The number of furan rings is 1. The molecule has 6 nitrogen and oxygen atoms in total. The van der Waals surface area contributed by atoms with Gasteiger partial charge in [-0.1, -0.05) is 0 Å². The summed E-state index contributed by atoms with van der Waals surface area (Å²) < 4.78 is 10.4. The zero-order valence-electron chi connectivity index (χ0n) is 12.2. The van der Waals surface area contributed by atoms with Crippen LogP contribution in [-0.2, 0) is 9.53 Å². The van der Waals surface area contributed by atoms with Gasteiger partial charge in [-0.2, -0.15) is 0 Å².